The summed E-state index contributed by atoms with van der Waals surface area (Å²) in [6, 6.07) is 18.2. The first kappa shape index (κ1) is 18.1. The van der Waals surface area contributed by atoms with Gasteiger partial charge >= 0.3 is 6.36 Å². The van der Waals surface area contributed by atoms with Crippen LogP contribution in [-0.4, -0.2) is 11.3 Å². The number of rotatable bonds is 5. The maximum Gasteiger partial charge on any atom is 0.573 e. The molecule has 0 N–H and O–H groups in total. The molecule has 0 aliphatic rings. The quantitative estimate of drug-likeness (QED) is 0.519. The minimum atomic E-state index is -4.74. The van der Waals surface area contributed by atoms with Crippen molar-refractivity contribution in [2.24, 2.45) is 0 Å². The van der Waals surface area contributed by atoms with Gasteiger partial charge in [-0.05, 0) is 42.0 Å². The Morgan fingerprint density at radius 1 is 0.885 bits per heavy atom. The van der Waals surface area contributed by atoms with E-state index < -0.39 is 6.36 Å². The summed E-state index contributed by atoms with van der Waals surface area (Å²) in [6.45, 7) is 0.326. The second kappa shape index (κ2) is 7.66. The van der Waals surface area contributed by atoms with Gasteiger partial charge in [0.05, 0.1) is 0 Å². The van der Waals surface area contributed by atoms with Gasteiger partial charge in [-0.1, -0.05) is 41.9 Å². The molecule has 0 radical (unpaired) electrons. The largest absolute Gasteiger partial charge is 0.573 e. The van der Waals surface area contributed by atoms with Gasteiger partial charge in [-0.25, -0.2) is 4.98 Å². The second-order valence-electron chi connectivity index (χ2n) is 5.33. The van der Waals surface area contributed by atoms with Crippen molar-refractivity contribution in [2.75, 3.05) is 0 Å². The van der Waals surface area contributed by atoms with Crippen LogP contribution in [0.5, 0.6) is 11.5 Å². The molecule has 0 fully saturated rings. The van der Waals surface area contributed by atoms with Crippen LogP contribution >= 0.6 is 11.6 Å². The van der Waals surface area contributed by atoms with Crippen molar-refractivity contribution in [1.82, 2.24) is 4.98 Å². The first-order chi connectivity index (χ1) is 12.4. The maximum absolute atomic E-state index is 12.3. The van der Waals surface area contributed by atoms with Crippen molar-refractivity contribution in [2.45, 2.75) is 13.0 Å². The summed E-state index contributed by atoms with van der Waals surface area (Å²) in [5.74, 6) is 0.165. The fourth-order valence-corrected chi connectivity index (χ4v) is 2.44. The Kier molecular flexibility index (Phi) is 5.32. The monoisotopic (exact) mass is 379 g/mol. The summed E-state index contributed by atoms with van der Waals surface area (Å²) in [7, 11) is 0. The Hall–Kier alpha value is -2.73. The molecule has 0 amide bonds. The lowest BCUT2D eigenvalue weighted by atomic mass is 10.1. The fraction of sp³-hybridized carbons (Fsp3) is 0.105. The molecule has 1 heterocycles. The van der Waals surface area contributed by atoms with Crippen LogP contribution in [-0.2, 0) is 6.61 Å². The lowest BCUT2D eigenvalue weighted by Crippen LogP contribution is -2.16. The number of hydrogen-bond acceptors (Lipinski definition) is 3. The standard InChI is InChI=1S/C19H13ClF3NO2/c20-17-11-10-16(25-12-13-4-2-1-3-5-13)18(24-17)14-6-8-15(9-7-14)26-19(21,22)23/h1-11H,12H2. The molecule has 0 aliphatic carbocycles. The second-order valence-corrected chi connectivity index (χ2v) is 5.71. The van der Waals surface area contributed by atoms with Gasteiger partial charge in [-0.3, -0.25) is 0 Å². The molecule has 0 spiro atoms. The minimum Gasteiger partial charge on any atom is -0.487 e. The van der Waals surface area contributed by atoms with Crippen LogP contribution in [0.4, 0.5) is 13.2 Å². The van der Waals surface area contributed by atoms with Gasteiger partial charge in [0.2, 0.25) is 0 Å². The molecule has 7 heteroatoms. The van der Waals surface area contributed by atoms with Crippen LogP contribution in [0.25, 0.3) is 11.3 Å². The third kappa shape index (κ3) is 4.89. The van der Waals surface area contributed by atoms with Gasteiger partial charge in [0.1, 0.15) is 29.0 Å². The molecule has 1 aromatic heterocycles. The van der Waals surface area contributed by atoms with Crippen LogP contribution in [0.1, 0.15) is 5.56 Å². The van der Waals surface area contributed by atoms with Crippen molar-refractivity contribution in [3.8, 4) is 22.8 Å². The van der Waals surface area contributed by atoms with Crippen LogP contribution < -0.4 is 9.47 Å². The van der Waals surface area contributed by atoms with Crippen molar-refractivity contribution >= 4 is 11.6 Å². The number of ether oxygens (including phenoxy) is 2. The highest BCUT2D eigenvalue weighted by Gasteiger charge is 2.31. The van der Waals surface area contributed by atoms with E-state index in [9.17, 15) is 13.2 Å². The molecular weight excluding hydrogens is 367 g/mol. The van der Waals surface area contributed by atoms with E-state index in [1.165, 1.54) is 24.3 Å². The van der Waals surface area contributed by atoms with Crippen LogP contribution in [0.15, 0.2) is 66.7 Å². The van der Waals surface area contributed by atoms with E-state index in [0.29, 0.717) is 23.6 Å². The highest BCUT2D eigenvalue weighted by atomic mass is 35.5. The summed E-state index contributed by atoms with van der Waals surface area (Å²) in [4.78, 5) is 4.24. The molecule has 0 aliphatic heterocycles. The van der Waals surface area contributed by atoms with E-state index in [4.69, 9.17) is 16.3 Å². The fourth-order valence-electron chi connectivity index (χ4n) is 2.30. The molecule has 3 rings (SSSR count). The van der Waals surface area contributed by atoms with E-state index in [-0.39, 0.29) is 10.9 Å². The van der Waals surface area contributed by atoms with E-state index in [2.05, 4.69) is 9.72 Å². The molecule has 0 saturated heterocycles. The number of benzene rings is 2. The van der Waals surface area contributed by atoms with E-state index in [0.717, 1.165) is 5.56 Å². The van der Waals surface area contributed by atoms with Gasteiger partial charge in [0.15, 0.2) is 0 Å². The predicted molar refractivity (Wildman–Crippen MR) is 92.1 cm³/mol. The molecule has 3 aromatic rings. The molecule has 2 aromatic carbocycles. The SMILES string of the molecule is FC(F)(F)Oc1ccc(-c2nc(Cl)ccc2OCc2ccccc2)cc1. The average molecular weight is 380 g/mol. The molecule has 0 saturated carbocycles. The van der Waals surface area contributed by atoms with Crippen LogP contribution in [0.3, 0.4) is 0 Å². The average Bonchev–Trinajstić information content (AvgIpc) is 2.61. The zero-order chi connectivity index (χ0) is 18.6. The van der Waals surface area contributed by atoms with E-state index in [1.54, 1.807) is 12.1 Å². The van der Waals surface area contributed by atoms with Crippen molar-refractivity contribution in [3.05, 3.63) is 77.4 Å². The van der Waals surface area contributed by atoms with Gasteiger partial charge in [-0.2, -0.15) is 0 Å². The molecule has 26 heavy (non-hydrogen) atoms. The van der Waals surface area contributed by atoms with Crippen molar-refractivity contribution < 1.29 is 22.6 Å². The molecular formula is C19H13ClF3NO2. The minimum absolute atomic E-state index is 0.252. The van der Waals surface area contributed by atoms with Gasteiger partial charge in [0.25, 0.3) is 0 Å². The predicted octanol–water partition coefficient (Wildman–Crippen LogP) is 5.88. The number of aromatic nitrogens is 1. The normalized spacial score (nSPS) is 11.2. The Labute approximate surface area is 153 Å². The summed E-state index contributed by atoms with van der Waals surface area (Å²) < 4.78 is 46.5. The number of halogens is 4. The molecule has 0 atom stereocenters. The molecule has 134 valence electrons. The summed E-state index contributed by atoms with van der Waals surface area (Å²) in [5, 5.41) is 0.252. The summed E-state index contributed by atoms with van der Waals surface area (Å²) in [5.41, 5.74) is 1.97. The summed E-state index contributed by atoms with van der Waals surface area (Å²) in [6.07, 6.45) is -4.74. The third-order valence-electron chi connectivity index (χ3n) is 3.42. The van der Waals surface area contributed by atoms with Crippen molar-refractivity contribution in [3.63, 3.8) is 0 Å². The summed E-state index contributed by atoms with van der Waals surface area (Å²) >= 11 is 5.96. The van der Waals surface area contributed by atoms with E-state index >= 15 is 0 Å². The lowest BCUT2D eigenvalue weighted by Gasteiger charge is -2.13. The lowest BCUT2D eigenvalue weighted by molar-refractivity contribution is -0.274. The first-order valence-corrected chi connectivity index (χ1v) is 7.98. The highest BCUT2D eigenvalue weighted by Crippen LogP contribution is 2.32. The Bertz CT molecular complexity index is 868. The number of alkyl halides is 3. The maximum atomic E-state index is 12.3. The van der Waals surface area contributed by atoms with Gasteiger partial charge in [-0.15, -0.1) is 13.2 Å². The van der Waals surface area contributed by atoms with Gasteiger partial charge < -0.3 is 9.47 Å². The Balaban J connectivity index is 1.83. The van der Waals surface area contributed by atoms with Crippen LogP contribution in [0, 0.1) is 0 Å². The molecule has 3 nitrogen and oxygen atoms in total. The smallest absolute Gasteiger partial charge is 0.487 e. The Morgan fingerprint density at radius 2 is 1.58 bits per heavy atom. The topological polar surface area (TPSA) is 31.4 Å². The first-order valence-electron chi connectivity index (χ1n) is 7.60. The van der Waals surface area contributed by atoms with Crippen molar-refractivity contribution in [1.29, 1.82) is 0 Å². The number of pyridine rings is 1. The number of nitrogens with zero attached hydrogens (tertiary/aromatic N) is 1. The zero-order valence-corrected chi connectivity index (χ0v) is 14.1. The third-order valence-corrected chi connectivity index (χ3v) is 3.63. The highest BCUT2D eigenvalue weighted by molar-refractivity contribution is 6.29. The zero-order valence-electron chi connectivity index (χ0n) is 13.3. The number of hydrogen-bond donors (Lipinski definition) is 0. The molecule has 0 unspecified atom stereocenters. The van der Waals surface area contributed by atoms with E-state index in [1.807, 2.05) is 30.3 Å². The molecule has 0 bridgehead atoms. The van der Waals surface area contributed by atoms with Gasteiger partial charge in [0, 0.05) is 5.56 Å². The van der Waals surface area contributed by atoms with Crippen LogP contribution in [0.2, 0.25) is 5.15 Å². The Morgan fingerprint density at radius 3 is 2.23 bits per heavy atom.